The van der Waals surface area contributed by atoms with Crippen molar-refractivity contribution in [2.45, 2.75) is 0 Å². The summed E-state index contributed by atoms with van der Waals surface area (Å²) in [4.78, 5) is 11.8. The predicted octanol–water partition coefficient (Wildman–Crippen LogP) is 6.05. The largest absolute Gasteiger partial charge is 0.428 e. The summed E-state index contributed by atoms with van der Waals surface area (Å²) >= 11 is 5.77. The zero-order chi connectivity index (χ0) is 18.2. The van der Waals surface area contributed by atoms with Gasteiger partial charge < -0.3 is 4.74 Å². The molecule has 128 valence electrons. The smallest absolute Gasteiger partial charge is 0.344 e. The minimum absolute atomic E-state index is 0.0728. The van der Waals surface area contributed by atoms with Crippen molar-refractivity contribution in [1.29, 1.82) is 0 Å². The summed E-state index contributed by atoms with van der Waals surface area (Å²) in [5.41, 5.74) is 1.47. The number of hydrogen-bond donors (Lipinski definition) is 0. The Morgan fingerprint density at radius 2 is 1.32 bits per heavy atom. The van der Waals surface area contributed by atoms with E-state index in [2.05, 4.69) is 4.74 Å². The zero-order valence-corrected chi connectivity index (χ0v) is 13.5. The SMILES string of the molecule is O=C(/C=C/c1ccc(Cl)cc1)/C=C/c1ccc(OC(F)=C(F)F)cc1. The normalized spacial score (nSPS) is 11.0. The molecule has 0 bridgehead atoms. The molecule has 0 N–H and O–H groups in total. The number of carbonyl (C=O) groups excluding carboxylic acids is 1. The lowest BCUT2D eigenvalue weighted by molar-refractivity contribution is -0.110. The van der Waals surface area contributed by atoms with Crippen molar-refractivity contribution in [3.8, 4) is 5.75 Å². The van der Waals surface area contributed by atoms with Crippen LogP contribution in [0.3, 0.4) is 0 Å². The van der Waals surface area contributed by atoms with Gasteiger partial charge in [-0.2, -0.15) is 13.2 Å². The molecule has 0 aliphatic heterocycles. The Labute approximate surface area is 147 Å². The van der Waals surface area contributed by atoms with E-state index in [4.69, 9.17) is 11.6 Å². The van der Waals surface area contributed by atoms with Crippen molar-refractivity contribution >= 4 is 29.5 Å². The van der Waals surface area contributed by atoms with Crippen LogP contribution in [0.2, 0.25) is 5.02 Å². The highest BCUT2D eigenvalue weighted by Crippen LogP contribution is 2.19. The highest BCUT2D eigenvalue weighted by Gasteiger charge is 2.07. The van der Waals surface area contributed by atoms with E-state index in [-0.39, 0.29) is 11.5 Å². The molecule has 0 spiro atoms. The highest BCUT2D eigenvalue weighted by molar-refractivity contribution is 6.30. The molecule has 0 heterocycles. The summed E-state index contributed by atoms with van der Waals surface area (Å²) in [6.45, 7) is 0. The van der Waals surface area contributed by atoms with Crippen molar-refractivity contribution < 1.29 is 22.7 Å². The topological polar surface area (TPSA) is 26.3 Å². The van der Waals surface area contributed by atoms with Gasteiger partial charge in [-0.1, -0.05) is 48.0 Å². The van der Waals surface area contributed by atoms with Gasteiger partial charge in [0.1, 0.15) is 5.75 Å². The van der Waals surface area contributed by atoms with Crippen LogP contribution in [0, 0.1) is 0 Å². The average molecular weight is 365 g/mol. The molecule has 25 heavy (non-hydrogen) atoms. The Hall–Kier alpha value is -2.79. The van der Waals surface area contributed by atoms with Crippen LogP contribution in [0.4, 0.5) is 13.2 Å². The van der Waals surface area contributed by atoms with Gasteiger partial charge in [-0.3, -0.25) is 4.79 Å². The number of ether oxygens (including phenoxy) is 1. The lowest BCUT2D eigenvalue weighted by Gasteiger charge is -2.01. The van der Waals surface area contributed by atoms with Crippen molar-refractivity contribution in [1.82, 2.24) is 0 Å². The first kappa shape index (κ1) is 18.5. The van der Waals surface area contributed by atoms with Crippen LogP contribution in [0.5, 0.6) is 5.75 Å². The number of ketones is 1. The van der Waals surface area contributed by atoms with Gasteiger partial charge in [-0.15, -0.1) is 0 Å². The first-order chi connectivity index (χ1) is 11.9. The molecule has 2 rings (SSSR count). The number of benzene rings is 2. The standard InChI is InChI=1S/C19H12ClF3O2/c20-15-7-1-13(2-8-15)3-9-16(24)10-4-14-5-11-17(12-6-14)25-19(23)18(21)22/h1-12H/b9-3+,10-4+. The van der Waals surface area contributed by atoms with Gasteiger partial charge >= 0.3 is 12.1 Å². The maximum atomic E-state index is 12.6. The number of rotatable bonds is 6. The van der Waals surface area contributed by atoms with Crippen LogP contribution in [0.1, 0.15) is 11.1 Å². The first-order valence-electron chi connectivity index (χ1n) is 7.08. The second-order valence-electron chi connectivity index (χ2n) is 4.83. The van der Waals surface area contributed by atoms with E-state index in [0.29, 0.717) is 10.6 Å². The highest BCUT2D eigenvalue weighted by atomic mass is 35.5. The van der Waals surface area contributed by atoms with E-state index in [1.54, 1.807) is 36.4 Å². The van der Waals surface area contributed by atoms with Gasteiger partial charge in [0.25, 0.3) is 0 Å². The third kappa shape index (κ3) is 6.31. The number of hydrogen-bond acceptors (Lipinski definition) is 2. The van der Waals surface area contributed by atoms with E-state index in [9.17, 15) is 18.0 Å². The molecule has 0 fully saturated rings. The van der Waals surface area contributed by atoms with Gasteiger partial charge in [0.2, 0.25) is 0 Å². The van der Waals surface area contributed by atoms with Crippen LogP contribution in [-0.4, -0.2) is 5.78 Å². The van der Waals surface area contributed by atoms with Crippen molar-refractivity contribution in [3.63, 3.8) is 0 Å². The molecule has 2 nitrogen and oxygen atoms in total. The third-order valence-corrected chi connectivity index (χ3v) is 3.24. The molecule has 2 aromatic rings. The number of halogens is 4. The fourth-order valence-electron chi connectivity index (χ4n) is 1.78. The van der Waals surface area contributed by atoms with E-state index in [1.807, 2.05) is 0 Å². The molecule has 0 saturated carbocycles. The minimum Gasteiger partial charge on any atom is -0.428 e. The lowest BCUT2D eigenvalue weighted by Crippen LogP contribution is -1.90. The van der Waals surface area contributed by atoms with Gasteiger partial charge in [-0.05, 0) is 47.5 Å². The second-order valence-corrected chi connectivity index (χ2v) is 5.26. The maximum absolute atomic E-state index is 12.6. The fraction of sp³-hybridized carbons (Fsp3) is 0. The molecular formula is C19H12ClF3O2. The summed E-state index contributed by atoms with van der Waals surface area (Å²) in [6.07, 6.45) is 3.42. The molecule has 0 aromatic heterocycles. The van der Waals surface area contributed by atoms with Crippen molar-refractivity contribution in [3.05, 3.63) is 88.9 Å². The third-order valence-electron chi connectivity index (χ3n) is 2.99. The molecule has 0 radical (unpaired) electrons. The average Bonchev–Trinajstić information content (AvgIpc) is 2.60. The molecule has 0 aliphatic rings. The van der Waals surface area contributed by atoms with Crippen LogP contribution in [-0.2, 0) is 4.79 Å². The molecular weight excluding hydrogens is 353 g/mol. The van der Waals surface area contributed by atoms with Crippen LogP contribution in [0.15, 0.2) is 72.8 Å². The molecule has 0 atom stereocenters. The molecule has 2 aromatic carbocycles. The van der Waals surface area contributed by atoms with Crippen molar-refractivity contribution in [2.24, 2.45) is 0 Å². The lowest BCUT2D eigenvalue weighted by atomic mass is 10.1. The molecule has 6 heteroatoms. The summed E-state index contributed by atoms with van der Waals surface area (Å²) in [7, 11) is 0. The minimum atomic E-state index is -2.53. The number of carbonyl (C=O) groups is 1. The first-order valence-corrected chi connectivity index (χ1v) is 7.46. The second kappa shape index (κ2) is 8.89. The van der Waals surface area contributed by atoms with E-state index in [0.717, 1.165) is 5.56 Å². The molecule has 0 aliphatic carbocycles. The molecule has 0 saturated heterocycles. The van der Waals surface area contributed by atoms with Crippen LogP contribution < -0.4 is 4.74 Å². The van der Waals surface area contributed by atoms with Crippen LogP contribution >= 0.6 is 11.6 Å². The monoisotopic (exact) mass is 364 g/mol. The van der Waals surface area contributed by atoms with Gasteiger partial charge in [0.15, 0.2) is 5.78 Å². The van der Waals surface area contributed by atoms with Gasteiger partial charge in [0, 0.05) is 5.02 Å². The fourth-order valence-corrected chi connectivity index (χ4v) is 1.90. The van der Waals surface area contributed by atoms with E-state index < -0.39 is 12.1 Å². The number of allylic oxidation sites excluding steroid dienone is 2. The van der Waals surface area contributed by atoms with E-state index >= 15 is 0 Å². The maximum Gasteiger partial charge on any atom is 0.344 e. The Balaban J connectivity index is 1.95. The zero-order valence-electron chi connectivity index (χ0n) is 12.8. The quantitative estimate of drug-likeness (QED) is 0.460. The summed E-state index contributed by atoms with van der Waals surface area (Å²) < 4.78 is 40.8. The van der Waals surface area contributed by atoms with Crippen molar-refractivity contribution in [2.75, 3.05) is 0 Å². The summed E-state index contributed by atoms with van der Waals surface area (Å²) in [5.74, 6) is -0.305. The Kier molecular flexibility index (Phi) is 6.60. The van der Waals surface area contributed by atoms with E-state index in [1.165, 1.54) is 36.4 Å². The van der Waals surface area contributed by atoms with Gasteiger partial charge in [0.05, 0.1) is 0 Å². The predicted molar refractivity (Wildman–Crippen MR) is 91.9 cm³/mol. The van der Waals surface area contributed by atoms with Gasteiger partial charge in [-0.25, -0.2) is 0 Å². The summed E-state index contributed by atoms with van der Waals surface area (Å²) in [6, 6.07) is 10.7. The Bertz CT molecular complexity index is 819. The Morgan fingerprint density at radius 3 is 1.80 bits per heavy atom. The Morgan fingerprint density at radius 1 is 0.840 bits per heavy atom. The summed E-state index contributed by atoms with van der Waals surface area (Å²) in [5, 5.41) is 0.612. The molecule has 0 amide bonds. The molecule has 0 unspecified atom stereocenters. The van der Waals surface area contributed by atoms with Crippen LogP contribution in [0.25, 0.3) is 12.2 Å².